The van der Waals surface area contributed by atoms with Crippen LogP contribution in [0.15, 0.2) is 78.9 Å². The molecule has 1 N–H and O–H groups in total. The molecule has 0 saturated carbocycles. The van der Waals surface area contributed by atoms with Crippen LogP contribution in [0.3, 0.4) is 0 Å². The first-order chi connectivity index (χ1) is 10.3. The smallest absolute Gasteiger partial charge is 0.118 e. The average Bonchev–Trinajstić information content (AvgIpc) is 2.57. The number of methoxy groups -OCH3 is 1. The molecule has 0 atom stereocenters. The lowest BCUT2D eigenvalue weighted by Crippen LogP contribution is -1.89. The van der Waals surface area contributed by atoms with Crippen LogP contribution in [0.1, 0.15) is 0 Å². The molecule has 104 valence electrons. The first-order valence-corrected chi connectivity index (χ1v) is 6.92. The molecule has 0 spiro atoms. The molecule has 0 aliphatic rings. The Morgan fingerprint density at radius 3 is 1.71 bits per heavy atom. The Kier molecular flexibility index (Phi) is 3.88. The molecule has 0 aromatic heterocycles. The Labute approximate surface area is 125 Å². The molecule has 2 nitrogen and oxygen atoms in total. The van der Waals surface area contributed by atoms with Gasteiger partial charge in [-0.15, -0.1) is 0 Å². The van der Waals surface area contributed by atoms with Gasteiger partial charge in [-0.05, 0) is 47.5 Å². The zero-order chi connectivity index (χ0) is 14.5. The van der Waals surface area contributed by atoms with Gasteiger partial charge in [-0.3, -0.25) is 0 Å². The van der Waals surface area contributed by atoms with Crippen LogP contribution >= 0.6 is 0 Å². The second kappa shape index (κ2) is 6.14. The maximum Gasteiger partial charge on any atom is 0.118 e. The molecule has 0 radical (unpaired) electrons. The van der Waals surface area contributed by atoms with Gasteiger partial charge in [0, 0.05) is 11.4 Å². The Morgan fingerprint density at radius 1 is 0.619 bits per heavy atom. The van der Waals surface area contributed by atoms with E-state index in [-0.39, 0.29) is 0 Å². The van der Waals surface area contributed by atoms with Crippen molar-refractivity contribution in [3.05, 3.63) is 78.9 Å². The van der Waals surface area contributed by atoms with Crippen molar-refractivity contribution in [1.29, 1.82) is 0 Å². The molecule has 0 fully saturated rings. The van der Waals surface area contributed by atoms with Gasteiger partial charge in [-0.2, -0.15) is 0 Å². The van der Waals surface area contributed by atoms with Gasteiger partial charge in [0.1, 0.15) is 5.75 Å². The first-order valence-electron chi connectivity index (χ1n) is 6.92. The van der Waals surface area contributed by atoms with E-state index in [4.69, 9.17) is 4.74 Å². The van der Waals surface area contributed by atoms with E-state index in [2.05, 4.69) is 53.8 Å². The Balaban J connectivity index is 1.77. The number of hydrogen-bond acceptors (Lipinski definition) is 2. The van der Waals surface area contributed by atoms with Crippen molar-refractivity contribution >= 4 is 11.4 Å². The highest BCUT2D eigenvalue weighted by molar-refractivity contribution is 5.68. The van der Waals surface area contributed by atoms with Crippen LogP contribution < -0.4 is 10.1 Å². The van der Waals surface area contributed by atoms with Crippen molar-refractivity contribution in [2.24, 2.45) is 0 Å². The third-order valence-electron chi connectivity index (χ3n) is 3.37. The second-order valence-corrected chi connectivity index (χ2v) is 4.80. The molecule has 0 unspecified atom stereocenters. The van der Waals surface area contributed by atoms with Crippen LogP contribution in [0, 0.1) is 0 Å². The summed E-state index contributed by atoms with van der Waals surface area (Å²) < 4.78 is 5.18. The molecular formula is C19H17NO. The quantitative estimate of drug-likeness (QED) is 0.714. The topological polar surface area (TPSA) is 21.3 Å². The molecule has 2 heteroatoms. The summed E-state index contributed by atoms with van der Waals surface area (Å²) in [6.07, 6.45) is 0. The molecule has 0 aliphatic carbocycles. The first kappa shape index (κ1) is 13.3. The highest BCUT2D eigenvalue weighted by Gasteiger charge is 1.99. The van der Waals surface area contributed by atoms with Gasteiger partial charge >= 0.3 is 0 Å². The molecule has 3 rings (SSSR count). The Hall–Kier alpha value is -2.74. The average molecular weight is 275 g/mol. The zero-order valence-electron chi connectivity index (χ0n) is 11.9. The summed E-state index contributed by atoms with van der Waals surface area (Å²) >= 11 is 0. The highest BCUT2D eigenvalue weighted by Crippen LogP contribution is 2.25. The van der Waals surface area contributed by atoms with Crippen LogP contribution in [0.2, 0.25) is 0 Å². The lowest BCUT2D eigenvalue weighted by Gasteiger charge is -2.08. The molecule has 21 heavy (non-hydrogen) atoms. The largest absolute Gasteiger partial charge is 0.497 e. The molecule has 0 amide bonds. The molecular weight excluding hydrogens is 258 g/mol. The van der Waals surface area contributed by atoms with E-state index in [1.807, 2.05) is 30.3 Å². The van der Waals surface area contributed by atoms with Crippen molar-refractivity contribution in [2.75, 3.05) is 12.4 Å². The minimum atomic E-state index is 0.876. The second-order valence-electron chi connectivity index (χ2n) is 4.80. The summed E-state index contributed by atoms with van der Waals surface area (Å²) in [7, 11) is 1.68. The maximum atomic E-state index is 5.18. The van der Waals surface area contributed by atoms with Crippen LogP contribution in [0.4, 0.5) is 11.4 Å². The number of hydrogen-bond donors (Lipinski definition) is 1. The van der Waals surface area contributed by atoms with Gasteiger partial charge < -0.3 is 10.1 Å². The van der Waals surface area contributed by atoms with E-state index in [9.17, 15) is 0 Å². The fourth-order valence-corrected chi connectivity index (χ4v) is 2.22. The van der Waals surface area contributed by atoms with Gasteiger partial charge in [0.15, 0.2) is 0 Å². The third-order valence-corrected chi connectivity index (χ3v) is 3.37. The minimum Gasteiger partial charge on any atom is -0.497 e. The fraction of sp³-hybridized carbons (Fsp3) is 0.0526. The van der Waals surface area contributed by atoms with Gasteiger partial charge in [0.2, 0.25) is 0 Å². The molecule has 3 aromatic carbocycles. The lowest BCUT2D eigenvalue weighted by atomic mass is 10.1. The number of rotatable bonds is 4. The highest BCUT2D eigenvalue weighted by atomic mass is 16.5. The number of ether oxygens (including phenoxy) is 1. The number of nitrogens with one attached hydrogen (secondary N) is 1. The fourth-order valence-electron chi connectivity index (χ4n) is 2.22. The number of benzene rings is 3. The summed E-state index contributed by atoms with van der Waals surface area (Å²) in [5.74, 6) is 0.876. The van der Waals surface area contributed by atoms with Gasteiger partial charge in [-0.25, -0.2) is 0 Å². The number of anilines is 2. The van der Waals surface area contributed by atoms with E-state index in [0.717, 1.165) is 17.1 Å². The van der Waals surface area contributed by atoms with Crippen molar-refractivity contribution in [3.8, 4) is 16.9 Å². The summed E-state index contributed by atoms with van der Waals surface area (Å²) in [5.41, 5.74) is 4.55. The minimum absolute atomic E-state index is 0.876. The van der Waals surface area contributed by atoms with E-state index in [1.54, 1.807) is 7.11 Å². The van der Waals surface area contributed by atoms with E-state index >= 15 is 0 Å². The van der Waals surface area contributed by atoms with Crippen molar-refractivity contribution in [1.82, 2.24) is 0 Å². The van der Waals surface area contributed by atoms with Crippen LogP contribution in [0.5, 0.6) is 5.75 Å². The molecule has 3 aromatic rings. The van der Waals surface area contributed by atoms with Crippen LogP contribution in [-0.2, 0) is 0 Å². The molecule has 0 saturated heterocycles. The van der Waals surface area contributed by atoms with Crippen LogP contribution in [0.25, 0.3) is 11.1 Å². The third kappa shape index (κ3) is 3.23. The zero-order valence-corrected chi connectivity index (χ0v) is 11.9. The summed E-state index contributed by atoms with van der Waals surface area (Å²) in [6.45, 7) is 0. The predicted octanol–water partition coefficient (Wildman–Crippen LogP) is 5.11. The Morgan fingerprint density at radius 2 is 1.14 bits per heavy atom. The lowest BCUT2D eigenvalue weighted by molar-refractivity contribution is 0.415. The van der Waals surface area contributed by atoms with Crippen LogP contribution in [-0.4, -0.2) is 7.11 Å². The molecule has 0 bridgehead atoms. The summed E-state index contributed by atoms with van der Waals surface area (Å²) in [5, 5.41) is 3.38. The van der Waals surface area contributed by atoms with E-state index < -0.39 is 0 Å². The summed E-state index contributed by atoms with van der Waals surface area (Å²) in [6, 6.07) is 26.7. The van der Waals surface area contributed by atoms with E-state index in [1.165, 1.54) is 11.1 Å². The molecule has 0 heterocycles. The molecule has 0 aliphatic heterocycles. The van der Waals surface area contributed by atoms with E-state index in [0.29, 0.717) is 0 Å². The Bertz CT molecular complexity index is 688. The summed E-state index contributed by atoms with van der Waals surface area (Å²) in [4.78, 5) is 0. The van der Waals surface area contributed by atoms with Gasteiger partial charge in [-0.1, -0.05) is 42.5 Å². The number of para-hydroxylation sites is 1. The van der Waals surface area contributed by atoms with Gasteiger partial charge in [0.05, 0.1) is 7.11 Å². The standard InChI is InChI=1S/C19H17NO/c1-21-19-13-9-16(10-14-19)15-7-11-18(12-8-15)20-17-5-3-2-4-6-17/h2-14,20H,1H3. The normalized spacial score (nSPS) is 10.1. The maximum absolute atomic E-state index is 5.18. The SMILES string of the molecule is COc1ccc(-c2ccc(Nc3ccccc3)cc2)cc1. The van der Waals surface area contributed by atoms with Crippen molar-refractivity contribution in [2.45, 2.75) is 0 Å². The monoisotopic (exact) mass is 275 g/mol. The predicted molar refractivity (Wildman–Crippen MR) is 88.2 cm³/mol. The van der Waals surface area contributed by atoms with Gasteiger partial charge in [0.25, 0.3) is 0 Å². The van der Waals surface area contributed by atoms with Crippen molar-refractivity contribution < 1.29 is 4.74 Å². The van der Waals surface area contributed by atoms with Crippen molar-refractivity contribution in [3.63, 3.8) is 0 Å².